The SMILES string of the molecule is O=C1CCC(N2Cc3cc(O[C@@H]4CN(Cc5ccc(C(F)(F)F)cc5)CC[C@H]4NCc4ccccc4)ccc3C2=O)C(=O)N1. The highest BCUT2D eigenvalue weighted by atomic mass is 19.4. The van der Waals surface area contributed by atoms with Crippen molar-refractivity contribution in [1.82, 2.24) is 20.4 Å². The summed E-state index contributed by atoms with van der Waals surface area (Å²) in [5.41, 5.74) is 2.52. The molecule has 0 aromatic heterocycles. The lowest BCUT2D eigenvalue weighted by Gasteiger charge is -2.39. The number of piperidine rings is 2. The summed E-state index contributed by atoms with van der Waals surface area (Å²) in [5.74, 6) is -0.443. The summed E-state index contributed by atoms with van der Waals surface area (Å²) in [6.45, 7) is 2.68. The molecular formula is C33H33F3N4O4. The molecule has 6 rings (SSSR count). The van der Waals surface area contributed by atoms with E-state index in [1.807, 2.05) is 36.4 Å². The van der Waals surface area contributed by atoms with E-state index >= 15 is 0 Å². The van der Waals surface area contributed by atoms with Gasteiger partial charge in [-0.3, -0.25) is 24.6 Å². The summed E-state index contributed by atoms with van der Waals surface area (Å²) in [6.07, 6.45) is -3.40. The Labute approximate surface area is 253 Å². The maximum atomic E-state index is 13.1. The standard InChI is InChI=1S/C33H33F3N4O4/c34-33(35,36)24-8-6-22(7-9-24)18-39-15-14-27(37-17-21-4-2-1-3-5-21)29(20-39)44-25-10-11-26-23(16-25)19-40(32(26)43)28-12-13-30(41)38-31(28)42/h1-11,16,27-29,37H,12-15,17-20H2,(H,38,41,42)/t27-,28?,29-/m1/s1. The number of ether oxygens (including phenoxy) is 1. The molecule has 3 aromatic rings. The van der Waals surface area contributed by atoms with E-state index in [4.69, 9.17) is 4.74 Å². The van der Waals surface area contributed by atoms with Gasteiger partial charge in [-0.15, -0.1) is 0 Å². The molecule has 2 saturated heterocycles. The van der Waals surface area contributed by atoms with Gasteiger partial charge in [-0.2, -0.15) is 13.2 Å². The molecule has 8 nitrogen and oxygen atoms in total. The van der Waals surface area contributed by atoms with E-state index in [1.165, 1.54) is 17.0 Å². The first-order valence-electron chi connectivity index (χ1n) is 14.7. The molecule has 0 radical (unpaired) electrons. The minimum atomic E-state index is -4.38. The number of benzene rings is 3. The third-order valence-corrected chi connectivity index (χ3v) is 8.52. The maximum Gasteiger partial charge on any atom is 0.416 e. The lowest BCUT2D eigenvalue weighted by molar-refractivity contribution is -0.138. The molecule has 3 atom stereocenters. The van der Waals surface area contributed by atoms with Crippen molar-refractivity contribution >= 4 is 17.7 Å². The molecule has 1 unspecified atom stereocenters. The topological polar surface area (TPSA) is 91.0 Å². The van der Waals surface area contributed by atoms with Crippen molar-refractivity contribution in [2.45, 2.75) is 63.3 Å². The minimum Gasteiger partial charge on any atom is -0.487 e. The summed E-state index contributed by atoms with van der Waals surface area (Å²) >= 11 is 0. The van der Waals surface area contributed by atoms with Gasteiger partial charge in [0.2, 0.25) is 11.8 Å². The van der Waals surface area contributed by atoms with Crippen LogP contribution in [0.15, 0.2) is 72.8 Å². The molecule has 3 aromatic carbocycles. The number of hydrogen-bond donors (Lipinski definition) is 2. The van der Waals surface area contributed by atoms with Crippen molar-refractivity contribution in [2.24, 2.45) is 0 Å². The van der Waals surface area contributed by atoms with Gasteiger partial charge in [0.1, 0.15) is 17.9 Å². The average Bonchev–Trinajstić information content (AvgIpc) is 3.32. The van der Waals surface area contributed by atoms with Crippen molar-refractivity contribution in [1.29, 1.82) is 0 Å². The van der Waals surface area contributed by atoms with Crippen molar-refractivity contribution in [2.75, 3.05) is 13.1 Å². The van der Waals surface area contributed by atoms with Gasteiger partial charge in [-0.05, 0) is 59.9 Å². The predicted octanol–water partition coefficient (Wildman–Crippen LogP) is 4.28. The Morgan fingerprint density at radius 3 is 2.43 bits per heavy atom. The number of carbonyl (C=O) groups is 3. The summed E-state index contributed by atoms with van der Waals surface area (Å²) in [5, 5.41) is 5.94. The van der Waals surface area contributed by atoms with Crippen LogP contribution in [0.25, 0.3) is 0 Å². The number of nitrogens with zero attached hydrogens (tertiary/aromatic N) is 2. The Bertz CT molecular complexity index is 1530. The maximum absolute atomic E-state index is 13.1. The number of carbonyl (C=O) groups excluding carboxylic acids is 3. The van der Waals surface area contributed by atoms with Gasteiger partial charge in [0.15, 0.2) is 0 Å². The van der Waals surface area contributed by atoms with E-state index in [0.717, 1.165) is 41.8 Å². The molecule has 0 bridgehead atoms. The predicted molar refractivity (Wildman–Crippen MR) is 155 cm³/mol. The fourth-order valence-corrected chi connectivity index (χ4v) is 6.18. The van der Waals surface area contributed by atoms with E-state index in [0.29, 0.717) is 37.4 Å². The van der Waals surface area contributed by atoms with Crippen molar-refractivity contribution in [3.05, 3.63) is 101 Å². The molecule has 0 aliphatic carbocycles. The summed E-state index contributed by atoms with van der Waals surface area (Å²) in [4.78, 5) is 40.8. The number of alkyl halides is 3. The average molecular weight is 607 g/mol. The quantitative estimate of drug-likeness (QED) is 0.372. The minimum absolute atomic E-state index is 0.00826. The number of likely N-dealkylation sites (tertiary alicyclic amines) is 1. The van der Waals surface area contributed by atoms with Crippen LogP contribution in [-0.2, 0) is 35.4 Å². The normalized spacial score (nSPS) is 22.6. The molecule has 3 heterocycles. The molecular weight excluding hydrogens is 573 g/mol. The highest BCUT2D eigenvalue weighted by Crippen LogP contribution is 2.32. The number of amides is 3. The molecule has 3 aliphatic rings. The second-order valence-corrected chi connectivity index (χ2v) is 11.6. The van der Waals surface area contributed by atoms with Crippen LogP contribution in [0.5, 0.6) is 5.75 Å². The van der Waals surface area contributed by atoms with Crippen molar-refractivity contribution in [3.8, 4) is 5.75 Å². The van der Waals surface area contributed by atoms with E-state index in [-0.39, 0.29) is 36.9 Å². The van der Waals surface area contributed by atoms with Crippen molar-refractivity contribution < 1.29 is 32.3 Å². The third kappa shape index (κ3) is 6.63. The van der Waals surface area contributed by atoms with Gasteiger partial charge in [-0.1, -0.05) is 42.5 Å². The van der Waals surface area contributed by atoms with Crippen LogP contribution in [0.2, 0.25) is 0 Å². The zero-order chi connectivity index (χ0) is 30.8. The number of imide groups is 1. The van der Waals surface area contributed by atoms with Crippen LogP contribution in [0, 0.1) is 0 Å². The second kappa shape index (κ2) is 12.4. The Morgan fingerprint density at radius 2 is 1.70 bits per heavy atom. The Hall–Kier alpha value is -4.22. The summed E-state index contributed by atoms with van der Waals surface area (Å²) in [6, 6.07) is 19.9. The van der Waals surface area contributed by atoms with Gasteiger partial charge < -0.3 is 15.0 Å². The number of halogens is 3. The molecule has 11 heteroatoms. The zero-order valence-electron chi connectivity index (χ0n) is 24.0. The third-order valence-electron chi connectivity index (χ3n) is 8.52. The Morgan fingerprint density at radius 1 is 0.932 bits per heavy atom. The molecule has 0 saturated carbocycles. The van der Waals surface area contributed by atoms with Gasteiger partial charge in [0.05, 0.1) is 5.56 Å². The largest absolute Gasteiger partial charge is 0.487 e. The van der Waals surface area contributed by atoms with Crippen LogP contribution in [-0.4, -0.2) is 58.8 Å². The van der Waals surface area contributed by atoms with E-state index in [1.54, 1.807) is 12.1 Å². The Balaban J connectivity index is 1.16. The first kappa shape index (κ1) is 29.8. The van der Waals surface area contributed by atoms with E-state index in [2.05, 4.69) is 15.5 Å². The molecule has 3 aliphatic heterocycles. The smallest absolute Gasteiger partial charge is 0.416 e. The first-order chi connectivity index (χ1) is 21.1. The van der Waals surface area contributed by atoms with Gasteiger partial charge >= 0.3 is 6.18 Å². The van der Waals surface area contributed by atoms with Crippen LogP contribution in [0.1, 0.15) is 51.9 Å². The fourth-order valence-electron chi connectivity index (χ4n) is 6.18. The van der Waals surface area contributed by atoms with Crippen LogP contribution < -0.4 is 15.4 Å². The van der Waals surface area contributed by atoms with Crippen LogP contribution in [0.4, 0.5) is 13.2 Å². The van der Waals surface area contributed by atoms with Crippen LogP contribution >= 0.6 is 0 Å². The number of rotatable bonds is 8. The lowest BCUT2D eigenvalue weighted by atomic mass is 10.00. The summed E-state index contributed by atoms with van der Waals surface area (Å²) < 4.78 is 45.7. The molecule has 2 N–H and O–H groups in total. The Kier molecular flexibility index (Phi) is 8.42. The van der Waals surface area contributed by atoms with E-state index in [9.17, 15) is 27.6 Å². The highest BCUT2D eigenvalue weighted by molar-refractivity contribution is 6.05. The molecule has 230 valence electrons. The number of nitrogens with one attached hydrogen (secondary N) is 2. The molecule has 0 spiro atoms. The lowest BCUT2D eigenvalue weighted by Crippen LogP contribution is -2.54. The van der Waals surface area contributed by atoms with Crippen molar-refractivity contribution in [3.63, 3.8) is 0 Å². The molecule has 3 amide bonds. The second-order valence-electron chi connectivity index (χ2n) is 11.6. The fraction of sp³-hybridized carbons (Fsp3) is 0.364. The summed E-state index contributed by atoms with van der Waals surface area (Å²) in [7, 11) is 0. The monoisotopic (exact) mass is 606 g/mol. The molecule has 2 fully saturated rings. The number of fused-ring (bicyclic) bond motifs is 1. The first-order valence-corrected chi connectivity index (χ1v) is 14.7. The van der Waals surface area contributed by atoms with Gasteiger partial charge in [0.25, 0.3) is 5.91 Å². The molecule has 44 heavy (non-hydrogen) atoms. The highest BCUT2D eigenvalue weighted by Gasteiger charge is 2.39. The van der Waals surface area contributed by atoms with Gasteiger partial charge in [-0.25, -0.2) is 0 Å². The van der Waals surface area contributed by atoms with E-state index < -0.39 is 23.7 Å². The number of hydrogen-bond acceptors (Lipinski definition) is 6. The van der Waals surface area contributed by atoms with Crippen LogP contribution in [0.3, 0.4) is 0 Å². The van der Waals surface area contributed by atoms with Gasteiger partial charge in [0, 0.05) is 50.7 Å². The zero-order valence-corrected chi connectivity index (χ0v) is 24.0.